The Morgan fingerprint density at radius 1 is 1.50 bits per heavy atom. The van der Waals surface area contributed by atoms with Gasteiger partial charge in [-0.15, -0.1) is 0 Å². The summed E-state index contributed by atoms with van der Waals surface area (Å²) in [5, 5.41) is 9.44. The maximum Gasteiger partial charge on any atom is 0.121 e. The molecule has 1 rings (SSSR count). The lowest BCUT2D eigenvalue weighted by atomic mass is 10.1. The van der Waals surface area contributed by atoms with Crippen molar-refractivity contribution in [3.05, 3.63) is 23.3 Å². The maximum atomic E-state index is 12.5. The molecule has 0 fully saturated rings. The zero-order chi connectivity index (χ0) is 12.1. The number of phenolic OH excluding ortho intramolecular Hbond substituents is 1. The first-order valence-corrected chi connectivity index (χ1v) is 5.21. The van der Waals surface area contributed by atoms with Gasteiger partial charge in [-0.3, -0.25) is 0 Å². The third kappa shape index (κ3) is 2.95. The van der Waals surface area contributed by atoms with Gasteiger partial charge in [0.2, 0.25) is 0 Å². The highest BCUT2D eigenvalue weighted by Crippen LogP contribution is 2.28. The topological polar surface area (TPSA) is 35.8 Å². The second-order valence-electron chi connectivity index (χ2n) is 3.72. The molecule has 0 heterocycles. The van der Waals surface area contributed by atoms with Gasteiger partial charge in [0, 0.05) is 19.2 Å². The van der Waals surface area contributed by atoms with Gasteiger partial charge in [-0.25, -0.2) is 9.38 Å². The lowest BCUT2D eigenvalue weighted by Crippen LogP contribution is -2.14. The molecule has 3 nitrogen and oxygen atoms in total. The van der Waals surface area contributed by atoms with Gasteiger partial charge in [-0.05, 0) is 31.5 Å². The lowest BCUT2D eigenvalue weighted by Gasteiger charge is -2.10. The van der Waals surface area contributed by atoms with Gasteiger partial charge in [0.1, 0.15) is 12.4 Å². The molecule has 1 aromatic carbocycles. The summed E-state index contributed by atoms with van der Waals surface area (Å²) in [7, 11) is 1.91. The summed E-state index contributed by atoms with van der Waals surface area (Å²) in [5.74, 6) is -0.0113. The van der Waals surface area contributed by atoms with Gasteiger partial charge in [0.25, 0.3) is 0 Å². The van der Waals surface area contributed by atoms with E-state index in [9.17, 15) is 9.50 Å². The van der Waals surface area contributed by atoms with Crippen LogP contribution in [0, 0.1) is 6.92 Å². The highest BCUT2D eigenvalue weighted by molar-refractivity contribution is 5.64. The van der Waals surface area contributed by atoms with Crippen molar-refractivity contribution in [3.63, 3.8) is 0 Å². The summed E-state index contributed by atoms with van der Waals surface area (Å²) in [6.07, 6.45) is 1.70. The smallest absolute Gasteiger partial charge is 0.121 e. The normalized spacial score (nSPS) is 11.0. The summed E-state index contributed by atoms with van der Waals surface area (Å²) in [6, 6.07) is 3.11. The minimum atomic E-state index is -0.682. The number of phenols is 1. The Kier molecular flexibility index (Phi) is 4.28. The zero-order valence-corrected chi connectivity index (χ0v) is 9.87. The zero-order valence-electron chi connectivity index (χ0n) is 9.87. The number of alkyl halides is 1. The molecule has 0 atom stereocenters. The van der Waals surface area contributed by atoms with E-state index in [1.54, 1.807) is 12.4 Å². The molecule has 0 spiro atoms. The van der Waals surface area contributed by atoms with E-state index in [4.69, 9.17) is 0 Å². The number of aromatic hydroxyl groups is 1. The van der Waals surface area contributed by atoms with E-state index in [-0.39, 0.29) is 11.3 Å². The summed E-state index contributed by atoms with van der Waals surface area (Å²) in [5.41, 5.74) is 1.79. The van der Waals surface area contributed by atoms with Gasteiger partial charge in [-0.1, -0.05) is 0 Å². The minimum Gasteiger partial charge on any atom is -0.508 e. The molecule has 0 radical (unpaired) electrons. The van der Waals surface area contributed by atoms with Crippen molar-refractivity contribution in [1.29, 1.82) is 0 Å². The van der Waals surface area contributed by atoms with Crippen molar-refractivity contribution in [3.8, 4) is 5.75 Å². The molecule has 0 aliphatic carbocycles. The number of benzene rings is 1. The third-order valence-electron chi connectivity index (χ3n) is 2.43. The lowest BCUT2D eigenvalue weighted by molar-refractivity contribution is 0.432. The average Bonchev–Trinajstić information content (AvgIpc) is 2.27. The second-order valence-corrected chi connectivity index (χ2v) is 3.72. The van der Waals surface area contributed by atoms with Crippen LogP contribution in [0.3, 0.4) is 0 Å². The second kappa shape index (κ2) is 5.49. The van der Waals surface area contributed by atoms with Gasteiger partial charge in [-0.2, -0.15) is 0 Å². The molecular formula is C12H17FN2O. The van der Waals surface area contributed by atoms with Crippen LogP contribution in [0.2, 0.25) is 0 Å². The monoisotopic (exact) mass is 224 g/mol. The van der Waals surface area contributed by atoms with E-state index in [0.717, 1.165) is 12.1 Å². The standard InChI is InChI=1S/C12H17FN2O/c1-4-15(3)8-14-11-6-10(7-13)12(16)5-9(11)2/h5-6,8,16H,4,7H2,1-3H3. The summed E-state index contributed by atoms with van der Waals surface area (Å²) < 4.78 is 12.5. The molecule has 0 unspecified atom stereocenters. The fourth-order valence-corrected chi connectivity index (χ4v) is 1.21. The quantitative estimate of drug-likeness (QED) is 0.630. The van der Waals surface area contributed by atoms with Crippen molar-refractivity contribution < 1.29 is 9.50 Å². The predicted molar refractivity (Wildman–Crippen MR) is 64.1 cm³/mol. The van der Waals surface area contributed by atoms with E-state index >= 15 is 0 Å². The van der Waals surface area contributed by atoms with Crippen molar-refractivity contribution in [2.45, 2.75) is 20.5 Å². The summed E-state index contributed by atoms with van der Waals surface area (Å²) in [4.78, 5) is 6.17. The first kappa shape index (κ1) is 12.5. The molecule has 4 heteroatoms. The molecule has 0 aromatic heterocycles. The first-order valence-electron chi connectivity index (χ1n) is 5.21. The fraction of sp³-hybridized carbons (Fsp3) is 0.417. The first-order chi connectivity index (χ1) is 7.58. The van der Waals surface area contributed by atoms with E-state index in [2.05, 4.69) is 4.99 Å². The summed E-state index contributed by atoms with van der Waals surface area (Å²) >= 11 is 0. The Bertz CT molecular complexity index is 391. The Morgan fingerprint density at radius 3 is 2.75 bits per heavy atom. The highest BCUT2D eigenvalue weighted by Gasteiger charge is 2.05. The van der Waals surface area contributed by atoms with Crippen molar-refractivity contribution >= 4 is 12.0 Å². The van der Waals surface area contributed by atoms with Crippen LogP contribution in [0.15, 0.2) is 17.1 Å². The minimum absolute atomic E-state index is 0.0113. The number of halogens is 1. The number of rotatable bonds is 4. The molecule has 88 valence electrons. The number of aliphatic imine (C=N–C) groups is 1. The Balaban J connectivity index is 3.00. The van der Waals surface area contributed by atoms with E-state index < -0.39 is 6.67 Å². The highest BCUT2D eigenvalue weighted by atomic mass is 19.1. The molecule has 0 saturated carbocycles. The van der Waals surface area contributed by atoms with Gasteiger partial charge < -0.3 is 10.0 Å². The van der Waals surface area contributed by atoms with Crippen LogP contribution < -0.4 is 0 Å². The van der Waals surface area contributed by atoms with Crippen LogP contribution >= 0.6 is 0 Å². The molecule has 0 amide bonds. The molecule has 0 aliphatic heterocycles. The van der Waals surface area contributed by atoms with Gasteiger partial charge >= 0.3 is 0 Å². The van der Waals surface area contributed by atoms with E-state index in [0.29, 0.717) is 5.69 Å². The van der Waals surface area contributed by atoms with Crippen LogP contribution in [0.25, 0.3) is 0 Å². The van der Waals surface area contributed by atoms with Crippen LogP contribution in [-0.2, 0) is 6.67 Å². The van der Waals surface area contributed by atoms with Gasteiger partial charge in [0.05, 0.1) is 12.0 Å². The molecule has 0 bridgehead atoms. The molecule has 1 aromatic rings. The number of nitrogens with zero attached hydrogens (tertiary/aromatic N) is 2. The van der Waals surface area contributed by atoms with Crippen LogP contribution in [0.4, 0.5) is 10.1 Å². The Morgan fingerprint density at radius 2 is 2.19 bits per heavy atom. The fourth-order valence-electron chi connectivity index (χ4n) is 1.21. The summed E-state index contributed by atoms with van der Waals surface area (Å²) in [6.45, 7) is 4.03. The number of aryl methyl sites for hydroxylation is 1. The van der Waals surface area contributed by atoms with E-state index in [1.807, 2.05) is 25.8 Å². The molecular weight excluding hydrogens is 207 g/mol. The average molecular weight is 224 g/mol. The number of hydrogen-bond donors (Lipinski definition) is 1. The van der Waals surface area contributed by atoms with Crippen molar-refractivity contribution in [2.75, 3.05) is 13.6 Å². The van der Waals surface area contributed by atoms with Crippen molar-refractivity contribution in [1.82, 2.24) is 4.90 Å². The van der Waals surface area contributed by atoms with Crippen LogP contribution in [0.5, 0.6) is 5.75 Å². The molecule has 1 N–H and O–H groups in total. The van der Waals surface area contributed by atoms with Gasteiger partial charge in [0.15, 0.2) is 0 Å². The number of hydrogen-bond acceptors (Lipinski definition) is 2. The Labute approximate surface area is 95.2 Å². The third-order valence-corrected chi connectivity index (χ3v) is 2.43. The van der Waals surface area contributed by atoms with E-state index in [1.165, 1.54) is 6.07 Å². The molecule has 0 aliphatic rings. The largest absolute Gasteiger partial charge is 0.508 e. The van der Waals surface area contributed by atoms with Crippen molar-refractivity contribution in [2.24, 2.45) is 4.99 Å². The molecule has 0 saturated heterocycles. The molecule has 16 heavy (non-hydrogen) atoms. The van der Waals surface area contributed by atoms with Crippen LogP contribution in [-0.4, -0.2) is 29.9 Å². The predicted octanol–water partition coefficient (Wildman–Crippen LogP) is 2.78. The van der Waals surface area contributed by atoms with Crippen LogP contribution in [0.1, 0.15) is 18.1 Å². The SMILES string of the molecule is CCN(C)C=Nc1cc(CF)c(O)cc1C. The Hall–Kier alpha value is -1.58. The maximum absolute atomic E-state index is 12.5.